The number of benzene rings is 1. The van der Waals surface area contributed by atoms with E-state index >= 15 is 0 Å². The summed E-state index contributed by atoms with van der Waals surface area (Å²) < 4.78 is 0. The SMILES string of the molecule is O=C(CN1CSCC1=O)Nc1ncc(Cc2cc(Cl)cc(Cl)c2)s1. The zero-order chi connectivity index (χ0) is 17.1. The van der Waals surface area contributed by atoms with E-state index in [-0.39, 0.29) is 18.4 Å². The van der Waals surface area contributed by atoms with Crippen LogP contribution in [0, 0.1) is 0 Å². The number of rotatable bonds is 5. The van der Waals surface area contributed by atoms with Crippen LogP contribution >= 0.6 is 46.3 Å². The second-order valence-corrected chi connectivity index (χ2v) is 8.15. The van der Waals surface area contributed by atoms with Gasteiger partial charge in [-0.15, -0.1) is 23.1 Å². The predicted molar refractivity (Wildman–Crippen MR) is 99.0 cm³/mol. The number of thioether (sulfide) groups is 1. The van der Waals surface area contributed by atoms with Crippen LogP contribution in [0.5, 0.6) is 0 Å². The Hall–Kier alpha value is -1.28. The number of carbonyl (C=O) groups excluding carboxylic acids is 2. The smallest absolute Gasteiger partial charge is 0.245 e. The first-order valence-corrected chi connectivity index (χ1v) is 9.77. The van der Waals surface area contributed by atoms with Gasteiger partial charge < -0.3 is 10.2 Å². The maximum absolute atomic E-state index is 12.0. The standard InChI is InChI=1S/C15H13Cl2N3O2S2/c16-10-1-9(2-11(17)4-10)3-12-5-18-15(24-12)19-13(21)6-20-8-23-7-14(20)22/h1-2,4-5H,3,6-8H2,(H,18,19,21). The molecule has 0 bridgehead atoms. The molecule has 0 aliphatic carbocycles. The molecule has 126 valence electrons. The van der Waals surface area contributed by atoms with E-state index in [9.17, 15) is 9.59 Å². The van der Waals surface area contributed by atoms with Crippen LogP contribution < -0.4 is 5.32 Å². The van der Waals surface area contributed by atoms with E-state index in [0.29, 0.717) is 33.2 Å². The van der Waals surface area contributed by atoms with E-state index in [1.165, 1.54) is 28.0 Å². The summed E-state index contributed by atoms with van der Waals surface area (Å²) in [5, 5.41) is 4.42. The first kappa shape index (κ1) is 17.5. The molecule has 1 aliphatic heterocycles. The summed E-state index contributed by atoms with van der Waals surface area (Å²) in [5.41, 5.74) is 0.980. The van der Waals surface area contributed by atoms with E-state index in [1.807, 2.05) is 12.1 Å². The van der Waals surface area contributed by atoms with Gasteiger partial charge in [0, 0.05) is 27.5 Å². The molecule has 1 saturated heterocycles. The minimum atomic E-state index is -0.238. The number of nitrogens with zero attached hydrogens (tertiary/aromatic N) is 2. The van der Waals surface area contributed by atoms with Crippen LogP contribution in [0.3, 0.4) is 0 Å². The lowest BCUT2D eigenvalue weighted by Crippen LogP contribution is -2.34. The summed E-state index contributed by atoms with van der Waals surface area (Å²) >= 11 is 14.9. The fourth-order valence-corrected chi connectivity index (χ4v) is 4.57. The molecule has 1 aliphatic rings. The third-order valence-corrected chi connectivity index (χ3v) is 5.55. The second-order valence-electron chi connectivity index (χ2n) is 5.20. The van der Waals surface area contributed by atoms with Crippen LogP contribution in [0.1, 0.15) is 10.4 Å². The Bertz CT molecular complexity index is 762. The molecule has 0 unspecified atom stereocenters. The van der Waals surface area contributed by atoms with Crippen molar-refractivity contribution < 1.29 is 9.59 Å². The zero-order valence-electron chi connectivity index (χ0n) is 12.4. The number of hydrogen-bond acceptors (Lipinski definition) is 5. The molecule has 24 heavy (non-hydrogen) atoms. The summed E-state index contributed by atoms with van der Waals surface area (Å²) in [6.45, 7) is 0.0602. The highest BCUT2D eigenvalue weighted by Gasteiger charge is 2.23. The summed E-state index contributed by atoms with van der Waals surface area (Å²) in [5.74, 6) is 0.757. The molecule has 5 nitrogen and oxygen atoms in total. The Kier molecular flexibility index (Phi) is 5.65. The van der Waals surface area contributed by atoms with E-state index in [0.717, 1.165) is 10.4 Å². The Labute approximate surface area is 157 Å². The van der Waals surface area contributed by atoms with Gasteiger partial charge in [-0.1, -0.05) is 23.2 Å². The van der Waals surface area contributed by atoms with E-state index in [1.54, 1.807) is 12.3 Å². The second kappa shape index (κ2) is 7.74. The Morgan fingerprint density at radius 3 is 2.71 bits per heavy atom. The Morgan fingerprint density at radius 1 is 1.29 bits per heavy atom. The Balaban J connectivity index is 1.58. The zero-order valence-corrected chi connectivity index (χ0v) is 15.6. The molecule has 1 aromatic heterocycles. The fraction of sp³-hybridized carbons (Fsp3) is 0.267. The first-order valence-electron chi connectivity index (χ1n) is 7.04. The minimum absolute atomic E-state index is 0.00665. The van der Waals surface area contributed by atoms with Gasteiger partial charge in [0.1, 0.15) is 6.54 Å². The largest absolute Gasteiger partial charge is 0.323 e. The predicted octanol–water partition coefficient (Wildman–Crippen LogP) is 3.51. The van der Waals surface area contributed by atoms with Gasteiger partial charge in [-0.05, 0) is 23.8 Å². The maximum atomic E-state index is 12.0. The molecule has 1 N–H and O–H groups in total. The lowest BCUT2D eigenvalue weighted by molar-refractivity contribution is -0.130. The third kappa shape index (κ3) is 4.63. The van der Waals surface area contributed by atoms with Crippen LogP contribution in [0.4, 0.5) is 5.13 Å². The topological polar surface area (TPSA) is 62.3 Å². The molecular weight excluding hydrogens is 389 g/mol. The summed E-state index contributed by atoms with van der Waals surface area (Å²) in [6, 6.07) is 5.38. The minimum Gasteiger partial charge on any atom is -0.323 e. The van der Waals surface area contributed by atoms with Crippen LogP contribution in [0.25, 0.3) is 0 Å². The number of aromatic nitrogens is 1. The molecule has 0 atom stereocenters. The Morgan fingerprint density at radius 2 is 2.04 bits per heavy atom. The van der Waals surface area contributed by atoms with Crippen molar-refractivity contribution in [2.75, 3.05) is 23.5 Å². The van der Waals surface area contributed by atoms with Gasteiger partial charge in [0.2, 0.25) is 11.8 Å². The average Bonchev–Trinajstić information content (AvgIpc) is 3.08. The van der Waals surface area contributed by atoms with Gasteiger partial charge in [0.15, 0.2) is 5.13 Å². The summed E-state index contributed by atoms with van der Waals surface area (Å²) in [7, 11) is 0. The number of amides is 2. The van der Waals surface area contributed by atoms with Crippen molar-refractivity contribution >= 4 is 63.2 Å². The van der Waals surface area contributed by atoms with E-state index in [4.69, 9.17) is 23.2 Å². The molecule has 2 aromatic rings. The van der Waals surface area contributed by atoms with Gasteiger partial charge in [0.05, 0.1) is 11.6 Å². The number of anilines is 1. The van der Waals surface area contributed by atoms with Crippen molar-refractivity contribution in [1.29, 1.82) is 0 Å². The van der Waals surface area contributed by atoms with Crippen LogP contribution in [0.15, 0.2) is 24.4 Å². The fourth-order valence-electron chi connectivity index (χ4n) is 2.23. The van der Waals surface area contributed by atoms with Crippen LogP contribution in [-0.2, 0) is 16.0 Å². The first-order chi connectivity index (χ1) is 11.5. The molecule has 0 saturated carbocycles. The summed E-state index contributed by atoms with van der Waals surface area (Å²) in [6.07, 6.45) is 2.35. The lowest BCUT2D eigenvalue weighted by Gasteiger charge is -2.12. The van der Waals surface area contributed by atoms with Gasteiger partial charge in [0.25, 0.3) is 0 Å². The van der Waals surface area contributed by atoms with Crippen molar-refractivity contribution in [2.45, 2.75) is 6.42 Å². The molecule has 0 radical (unpaired) electrons. The maximum Gasteiger partial charge on any atom is 0.245 e. The van der Waals surface area contributed by atoms with Gasteiger partial charge >= 0.3 is 0 Å². The van der Waals surface area contributed by atoms with Gasteiger partial charge in [-0.25, -0.2) is 4.98 Å². The van der Waals surface area contributed by atoms with Gasteiger partial charge in [-0.2, -0.15) is 0 Å². The quantitative estimate of drug-likeness (QED) is 0.832. The van der Waals surface area contributed by atoms with Crippen molar-refractivity contribution in [3.05, 3.63) is 44.9 Å². The van der Waals surface area contributed by atoms with Crippen molar-refractivity contribution in [2.24, 2.45) is 0 Å². The van der Waals surface area contributed by atoms with Crippen LogP contribution in [0.2, 0.25) is 10.0 Å². The highest BCUT2D eigenvalue weighted by atomic mass is 35.5. The lowest BCUT2D eigenvalue weighted by atomic mass is 10.1. The molecule has 9 heteroatoms. The van der Waals surface area contributed by atoms with Crippen LogP contribution in [-0.4, -0.2) is 39.9 Å². The molecule has 3 rings (SSSR count). The number of carbonyl (C=O) groups is 2. The molecule has 0 spiro atoms. The number of nitrogens with one attached hydrogen (secondary N) is 1. The number of hydrogen-bond donors (Lipinski definition) is 1. The summed E-state index contributed by atoms with van der Waals surface area (Å²) in [4.78, 5) is 30.2. The molecule has 2 amide bonds. The number of halogens is 2. The average molecular weight is 402 g/mol. The molecule has 1 fully saturated rings. The molecular formula is C15H13Cl2N3O2S2. The van der Waals surface area contributed by atoms with Crippen molar-refractivity contribution in [3.63, 3.8) is 0 Å². The normalized spacial score (nSPS) is 14.2. The van der Waals surface area contributed by atoms with Gasteiger partial charge in [-0.3, -0.25) is 9.59 Å². The monoisotopic (exact) mass is 401 g/mol. The highest BCUT2D eigenvalue weighted by Crippen LogP contribution is 2.25. The van der Waals surface area contributed by atoms with Crippen molar-refractivity contribution in [1.82, 2.24) is 9.88 Å². The highest BCUT2D eigenvalue weighted by molar-refractivity contribution is 8.00. The number of thiazole rings is 1. The van der Waals surface area contributed by atoms with E-state index < -0.39 is 0 Å². The molecule has 2 heterocycles. The van der Waals surface area contributed by atoms with E-state index in [2.05, 4.69) is 10.3 Å². The third-order valence-electron chi connectivity index (χ3n) is 3.26. The van der Waals surface area contributed by atoms with Crippen molar-refractivity contribution in [3.8, 4) is 0 Å². The molecule has 1 aromatic carbocycles.